The van der Waals surface area contributed by atoms with Crippen LogP contribution in [0.25, 0.3) is 0 Å². The summed E-state index contributed by atoms with van der Waals surface area (Å²) in [5.74, 6) is -1.63. The Bertz CT molecular complexity index is 740. The van der Waals surface area contributed by atoms with E-state index in [1.807, 2.05) is 49.1 Å². The fraction of sp³-hybridized carbons (Fsp3) is 0.647. The second-order valence-electron chi connectivity index (χ2n) is 7.42. The van der Waals surface area contributed by atoms with Gasteiger partial charge in [-0.15, -0.1) is 0 Å². The van der Waals surface area contributed by atoms with Crippen molar-refractivity contribution in [2.24, 2.45) is 0 Å². The summed E-state index contributed by atoms with van der Waals surface area (Å²) in [5, 5.41) is 0. The summed E-state index contributed by atoms with van der Waals surface area (Å²) < 4.78 is 114. The van der Waals surface area contributed by atoms with E-state index >= 15 is 0 Å². The van der Waals surface area contributed by atoms with Crippen LogP contribution in [0.2, 0.25) is 0 Å². The standard InChI is InChI=1S/C17H24F7N2O2S.BrH/c1-26(2,13-14-7-4-3-5-8-14)11-6-10-25-29(27,28)12-9-15(18,16(19,20)21)17(22,23)24;/h3-5,7-8,25H,6,9-13H2,1-2H3;1H/q+1;/p-1. The van der Waals surface area contributed by atoms with E-state index < -0.39 is 40.2 Å². The quantitative estimate of drug-likeness (QED) is 0.275. The lowest BCUT2D eigenvalue weighted by Crippen LogP contribution is -3.00. The molecule has 13 heteroatoms. The van der Waals surface area contributed by atoms with Gasteiger partial charge in [0.1, 0.15) is 6.54 Å². The molecule has 0 aliphatic carbocycles. The first kappa shape index (κ1) is 29.1. The Morgan fingerprint density at radius 2 is 1.43 bits per heavy atom. The van der Waals surface area contributed by atoms with Gasteiger partial charge in [-0.2, -0.15) is 26.3 Å². The van der Waals surface area contributed by atoms with E-state index in [1.165, 1.54) is 0 Å². The molecule has 0 atom stereocenters. The summed E-state index contributed by atoms with van der Waals surface area (Å²) in [5.41, 5.74) is -4.53. The number of sulfonamides is 1. The van der Waals surface area contributed by atoms with Crippen molar-refractivity contribution in [2.75, 3.05) is 32.9 Å². The zero-order valence-electron chi connectivity index (χ0n) is 16.3. The monoisotopic (exact) mass is 532 g/mol. The lowest BCUT2D eigenvalue weighted by atomic mass is 10.0. The highest BCUT2D eigenvalue weighted by atomic mass is 79.9. The Morgan fingerprint density at radius 1 is 0.933 bits per heavy atom. The lowest BCUT2D eigenvalue weighted by molar-refractivity contribution is -0.903. The summed E-state index contributed by atoms with van der Waals surface area (Å²) in [4.78, 5) is 0. The lowest BCUT2D eigenvalue weighted by Gasteiger charge is -2.30. The number of rotatable bonds is 10. The number of hydrogen-bond donors (Lipinski definition) is 1. The van der Waals surface area contributed by atoms with Crippen LogP contribution in [0.1, 0.15) is 18.4 Å². The molecular weight excluding hydrogens is 509 g/mol. The molecule has 176 valence electrons. The second kappa shape index (κ2) is 10.6. The van der Waals surface area contributed by atoms with Crippen LogP contribution in [0.5, 0.6) is 0 Å². The van der Waals surface area contributed by atoms with Gasteiger partial charge in [0.05, 0.1) is 26.4 Å². The smallest absolute Gasteiger partial charge is 0.431 e. The average molecular weight is 533 g/mol. The van der Waals surface area contributed by atoms with E-state index in [4.69, 9.17) is 0 Å². The number of benzene rings is 1. The molecular formula is C17H24BrF7N2O2S. The van der Waals surface area contributed by atoms with Crippen LogP contribution in [0.4, 0.5) is 30.7 Å². The first-order chi connectivity index (χ1) is 13.0. The van der Waals surface area contributed by atoms with Crippen molar-refractivity contribution in [2.45, 2.75) is 37.4 Å². The molecule has 0 aromatic heterocycles. The van der Waals surface area contributed by atoms with Gasteiger partial charge in [-0.1, -0.05) is 30.3 Å². The zero-order chi connectivity index (χ0) is 22.6. The predicted octanol–water partition coefficient (Wildman–Crippen LogP) is 0.799. The Hall–Kier alpha value is -0.920. The van der Waals surface area contributed by atoms with Gasteiger partial charge in [-0.25, -0.2) is 17.5 Å². The number of quaternary nitrogens is 1. The van der Waals surface area contributed by atoms with Crippen molar-refractivity contribution in [3.05, 3.63) is 35.9 Å². The van der Waals surface area contributed by atoms with Crippen molar-refractivity contribution < 1.29 is 60.6 Å². The molecule has 0 aliphatic heterocycles. The minimum atomic E-state index is -6.26. The van der Waals surface area contributed by atoms with E-state index in [0.29, 0.717) is 24.0 Å². The second-order valence-corrected chi connectivity index (χ2v) is 9.34. The SMILES string of the molecule is C[N+](C)(CCCNS(=O)(=O)CCC(F)(C(F)(F)F)C(F)(F)F)Cc1ccccc1.[Br-]. The molecule has 0 saturated heterocycles. The van der Waals surface area contributed by atoms with Gasteiger partial charge >= 0.3 is 12.4 Å². The third-order valence-electron chi connectivity index (χ3n) is 4.33. The summed E-state index contributed by atoms with van der Waals surface area (Å²) in [6, 6.07) is 9.45. The highest BCUT2D eigenvalue weighted by molar-refractivity contribution is 7.89. The molecule has 0 saturated carbocycles. The number of halogens is 8. The van der Waals surface area contributed by atoms with Crippen molar-refractivity contribution in [3.8, 4) is 0 Å². The first-order valence-corrected chi connectivity index (χ1v) is 10.3. The topological polar surface area (TPSA) is 46.2 Å². The summed E-state index contributed by atoms with van der Waals surface area (Å²) in [6.45, 7) is 0.959. The Labute approximate surface area is 181 Å². The van der Waals surface area contributed by atoms with Crippen LogP contribution in [0.3, 0.4) is 0 Å². The zero-order valence-corrected chi connectivity index (χ0v) is 18.7. The van der Waals surface area contributed by atoms with Gasteiger partial charge < -0.3 is 21.5 Å². The third-order valence-corrected chi connectivity index (χ3v) is 5.72. The molecule has 0 unspecified atom stereocenters. The minimum Gasteiger partial charge on any atom is -1.00 e. The molecule has 1 rings (SSSR count). The molecule has 0 heterocycles. The number of hydrogen-bond acceptors (Lipinski definition) is 2. The van der Waals surface area contributed by atoms with Gasteiger partial charge in [0.25, 0.3) is 5.67 Å². The van der Waals surface area contributed by atoms with Gasteiger partial charge in [-0.05, 0) is 0 Å². The van der Waals surface area contributed by atoms with Crippen LogP contribution in [-0.4, -0.2) is 63.9 Å². The third kappa shape index (κ3) is 8.67. The predicted molar refractivity (Wildman–Crippen MR) is 94.1 cm³/mol. The molecule has 0 spiro atoms. The highest BCUT2D eigenvalue weighted by Crippen LogP contribution is 2.48. The van der Waals surface area contributed by atoms with Crippen LogP contribution < -0.4 is 21.7 Å². The fourth-order valence-electron chi connectivity index (χ4n) is 2.68. The van der Waals surface area contributed by atoms with Crippen LogP contribution >= 0.6 is 0 Å². The summed E-state index contributed by atoms with van der Waals surface area (Å²) in [6.07, 6.45) is -14.5. The van der Waals surface area contributed by atoms with Gasteiger partial charge in [-0.3, -0.25) is 0 Å². The van der Waals surface area contributed by atoms with Crippen LogP contribution in [0, 0.1) is 0 Å². The summed E-state index contributed by atoms with van der Waals surface area (Å²) >= 11 is 0. The molecule has 0 radical (unpaired) electrons. The normalized spacial score (nSPS) is 13.8. The maximum atomic E-state index is 13.5. The average Bonchev–Trinajstić information content (AvgIpc) is 2.55. The van der Waals surface area contributed by atoms with E-state index in [2.05, 4.69) is 0 Å². The molecule has 0 amide bonds. The van der Waals surface area contributed by atoms with Crippen molar-refractivity contribution in [1.29, 1.82) is 0 Å². The molecule has 0 fully saturated rings. The van der Waals surface area contributed by atoms with Crippen LogP contribution in [-0.2, 0) is 16.6 Å². The fourth-order valence-corrected chi connectivity index (χ4v) is 3.83. The number of nitrogens with one attached hydrogen (secondary N) is 1. The Balaban J connectivity index is 0.00000841. The van der Waals surface area contributed by atoms with Gasteiger partial charge in [0, 0.05) is 24.9 Å². The van der Waals surface area contributed by atoms with Gasteiger partial charge in [0.15, 0.2) is 0 Å². The molecule has 0 aliphatic rings. The van der Waals surface area contributed by atoms with Crippen molar-refractivity contribution >= 4 is 10.0 Å². The largest absolute Gasteiger partial charge is 1.00 e. The van der Waals surface area contributed by atoms with E-state index in [0.717, 1.165) is 5.56 Å². The molecule has 1 aromatic carbocycles. The molecule has 4 nitrogen and oxygen atoms in total. The minimum absolute atomic E-state index is 0. The van der Waals surface area contributed by atoms with E-state index in [9.17, 15) is 39.2 Å². The molecule has 1 N–H and O–H groups in total. The first-order valence-electron chi connectivity index (χ1n) is 8.65. The van der Waals surface area contributed by atoms with Gasteiger partial charge in [0.2, 0.25) is 10.0 Å². The van der Waals surface area contributed by atoms with E-state index in [-0.39, 0.29) is 23.5 Å². The molecule has 30 heavy (non-hydrogen) atoms. The maximum Gasteiger partial charge on any atom is 0.431 e. The molecule has 0 bridgehead atoms. The number of alkyl halides is 7. The van der Waals surface area contributed by atoms with Crippen molar-refractivity contribution in [1.82, 2.24) is 4.72 Å². The number of nitrogens with zero attached hydrogens (tertiary/aromatic N) is 1. The van der Waals surface area contributed by atoms with E-state index in [1.54, 1.807) is 0 Å². The highest BCUT2D eigenvalue weighted by Gasteiger charge is 2.72. The Morgan fingerprint density at radius 3 is 1.90 bits per heavy atom. The summed E-state index contributed by atoms with van der Waals surface area (Å²) in [7, 11) is -0.720. The Kier molecular flexibility index (Phi) is 10.3. The van der Waals surface area contributed by atoms with Crippen molar-refractivity contribution in [3.63, 3.8) is 0 Å². The van der Waals surface area contributed by atoms with Crippen LogP contribution in [0.15, 0.2) is 30.3 Å². The molecule has 1 aromatic rings. The maximum absolute atomic E-state index is 13.5.